The smallest absolute Gasteiger partial charge is 0.253 e. The van der Waals surface area contributed by atoms with Crippen LogP contribution in [-0.4, -0.2) is 36.8 Å². The molecule has 170 valence electrons. The molecular weight excluding hydrogens is 438 g/mol. The molecule has 3 aromatic carbocycles. The largest absolute Gasteiger partial charge is 0.493 e. The van der Waals surface area contributed by atoms with Crippen molar-refractivity contribution in [2.24, 2.45) is 5.92 Å². The van der Waals surface area contributed by atoms with Gasteiger partial charge in [-0.25, -0.2) is 0 Å². The molecule has 1 fully saturated rings. The fourth-order valence-corrected chi connectivity index (χ4v) is 4.25. The van der Waals surface area contributed by atoms with Gasteiger partial charge in [0.1, 0.15) is 6.61 Å². The van der Waals surface area contributed by atoms with E-state index in [0.717, 1.165) is 11.1 Å². The molecule has 1 aliphatic heterocycles. The van der Waals surface area contributed by atoms with Gasteiger partial charge in [-0.15, -0.1) is 0 Å². The summed E-state index contributed by atoms with van der Waals surface area (Å²) >= 11 is 6.20. The van der Waals surface area contributed by atoms with Crippen LogP contribution in [0.5, 0.6) is 11.5 Å². The number of hydrogen-bond acceptors (Lipinski definition) is 4. The number of likely N-dealkylation sites (tertiary alicyclic amines) is 1. The lowest BCUT2D eigenvalue weighted by molar-refractivity contribution is 0.0650. The lowest BCUT2D eigenvalue weighted by atomic mass is 9.88. The van der Waals surface area contributed by atoms with Crippen LogP contribution in [0.1, 0.15) is 39.1 Å². The van der Waals surface area contributed by atoms with E-state index < -0.39 is 0 Å². The summed E-state index contributed by atoms with van der Waals surface area (Å²) in [4.78, 5) is 27.6. The number of carbonyl (C=O) groups excluding carboxylic acids is 2. The molecule has 0 bridgehead atoms. The molecule has 4 rings (SSSR count). The molecule has 0 spiro atoms. The highest BCUT2D eigenvalue weighted by molar-refractivity contribution is 6.31. The van der Waals surface area contributed by atoms with E-state index >= 15 is 0 Å². The maximum Gasteiger partial charge on any atom is 0.253 e. The highest BCUT2D eigenvalue weighted by Crippen LogP contribution is 2.31. The summed E-state index contributed by atoms with van der Waals surface area (Å²) in [5.41, 5.74) is 2.14. The molecule has 0 saturated carbocycles. The van der Waals surface area contributed by atoms with Crippen molar-refractivity contribution in [3.05, 3.63) is 94.5 Å². The van der Waals surface area contributed by atoms with Crippen LogP contribution in [0.3, 0.4) is 0 Å². The average molecular weight is 464 g/mol. The van der Waals surface area contributed by atoms with Crippen molar-refractivity contribution in [2.75, 3.05) is 20.2 Å². The Kier molecular flexibility index (Phi) is 7.30. The summed E-state index contributed by atoms with van der Waals surface area (Å²) in [6.45, 7) is 1.40. The summed E-state index contributed by atoms with van der Waals surface area (Å²) in [6, 6.07) is 22.0. The molecular formula is C27H26ClNO4. The van der Waals surface area contributed by atoms with Crippen LogP contribution in [0.2, 0.25) is 5.02 Å². The minimum Gasteiger partial charge on any atom is -0.493 e. The second-order valence-electron chi connectivity index (χ2n) is 8.04. The van der Waals surface area contributed by atoms with E-state index in [1.165, 1.54) is 0 Å². The lowest BCUT2D eigenvalue weighted by Crippen LogP contribution is -2.40. The van der Waals surface area contributed by atoms with E-state index in [1.807, 2.05) is 54.6 Å². The van der Waals surface area contributed by atoms with Gasteiger partial charge in [0.15, 0.2) is 17.3 Å². The topological polar surface area (TPSA) is 55.8 Å². The molecule has 0 atom stereocenters. The zero-order valence-corrected chi connectivity index (χ0v) is 19.3. The van der Waals surface area contributed by atoms with Gasteiger partial charge in [-0.1, -0.05) is 60.1 Å². The second-order valence-corrected chi connectivity index (χ2v) is 8.45. The molecule has 1 saturated heterocycles. The molecule has 0 unspecified atom stereocenters. The Morgan fingerprint density at radius 2 is 1.61 bits per heavy atom. The maximum atomic E-state index is 13.1. The van der Waals surface area contributed by atoms with Crippen LogP contribution >= 0.6 is 11.6 Å². The van der Waals surface area contributed by atoms with Crippen molar-refractivity contribution in [1.29, 1.82) is 0 Å². The van der Waals surface area contributed by atoms with Crippen LogP contribution in [0.25, 0.3) is 0 Å². The van der Waals surface area contributed by atoms with E-state index in [9.17, 15) is 9.59 Å². The Morgan fingerprint density at radius 1 is 0.909 bits per heavy atom. The highest BCUT2D eigenvalue weighted by Gasteiger charge is 2.28. The lowest BCUT2D eigenvalue weighted by Gasteiger charge is -2.31. The van der Waals surface area contributed by atoms with E-state index in [1.54, 1.807) is 30.2 Å². The molecule has 0 aliphatic carbocycles. The average Bonchev–Trinajstić information content (AvgIpc) is 2.88. The van der Waals surface area contributed by atoms with E-state index in [0.29, 0.717) is 54.6 Å². The summed E-state index contributed by atoms with van der Waals surface area (Å²) in [5.74, 6) is 1.07. The SMILES string of the molecule is COc1cc(C(=O)N2CCC(C(=O)c3ccccc3)CC2)ccc1OCc1ccccc1Cl. The van der Waals surface area contributed by atoms with Gasteiger partial charge in [0.25, 0.3) is 5.91 Å². The summed E-state index contributed by atoms with van der Waals surface area (Å²) in [5, 5.41) is 0.636. The number of Topliss-reactive ketones (excluding diaryl/α,β-unsaturated/α-hetero) is 1. The van der Waals surface area contributed by atoms with Crippen molar-refractivity contribution in [3.63, 3.8) is 0 Å². The van der Waals surface area contributed by atoms with Crippen molar-refractivity contribution in [1.82, 2.24) is 4.90 Å². The van der Waals surface area contributed by atoms with Gasteiger partial charge in [-0.3, -0.25) is 9.59 Å². The number of carbonyl (C=O) groups is 2. The van der Waals surface area contributed by atoms with Gasteiger partial charge >= 0.3 is 0 Å². The minimum absolute atomic E-state index is 0.0495. The first-order chi connectivity index (χ1) is 16.1. The molecule has 0 N–H and O–H groups in total. The molecule has 1 aliphatic rings. The Hall–Kier alpha value is -3.31. The highest BCUT2D eigenvalue weighted by atomic mass is 35.5. The number of ether oxygens (including phenoxy) is 2. The van der Waals surface area contributed by atoms with Crippen LogP contribution in [0, 0.1) is 5.92 Å². The van der Waals surface area contributed by atoms with Gasteiger partial charge in [-0.2, -0.15) is 0 Å². The van der Waals surface area contributed by atoms with Gasteiger partial charge in [0, 0.05) is 40.7 Å². The van der Waals surface area contributed by atoms with Gasteiger partial charge in [0.2, 0.25) is 0 Å². The fraction of sp³-hybridized carbons (Fsp3) is 0.259. The number of methoxy groups -OCH3 is 1. The fourth-order valence-electron chi connectivity index (χ4n) is 4.06. The third-order valence-electron chi connectivity index (χ3n) is 5.96. The summed E-state index contributed by atoms with van der Waals surface area (Å²) in [7, 11) is 1.55. The number of benzene rings is 3. The van der Waals surface area contributed by atoms with Crippen molar-refractivity contribution < 1.29 is 19.1 Å². The minimum atomic E-state index is -0.0726. The van der Waals surface area contributed by atoms with E-state index in [2.05, 4.69) is 0 Å². The molecule has 3 aromatic rings. The zero-order chi connectivity index (χ0) is 23.2. The van der Waals surface area contributed by atoms with Crippen molar-refractivity contribution in [2.45, 2.75) is 19.4 Å². The Labute approximate surface area is 198 Å². The van der Waals surface area contributed by atoms with Gasteiger partial charge in [0.05, 0.1) is 7.11 Å². The van der Waals surface area contributed by atoms with Crippen LogP contribution < -0.4 is 9.47 Å². The Morgan fingerprint density at radius 3 is 2.30 bits per heavy atom. The Bertz CT molecular complexity index is 1120. The third kappa shape index (κ3) is 5.37. The molecule has 6 heteroatoms. The second kappa shape index (κ2) is 10.5. The molecule has 5 nitrogen and oxygen atoms in total. The Balaban J connectivity index is 1.38. The number of hydrogen-bond donors (Lipinski definition) is 0. The number of piperidine rings is 1. The molecule has 0 radical (unpaired) electrons. The van der Waals surface area contributed by atoms with Crippen LogP contribution in [0.15, 0.2) is 72.8 Å². The first-order valence-corrected chi connectivity index (χ1v) is 11.4. The van der Waals surface area contributed by atoms with Crippen LogP contribution in [-0.2, 0) is 6.61 Å². The van der Waals surface area contributed by atoms with Gasteiger partial charge < -0.3 is 14.4 Å². The first kappa shape index (κ1) is 22.9. The summed E-state index contributed by atoms with van der Waals surface area (Å²) < 4.78 is 11.4. The van der Waals surface area contributed by atoms with Crippen LogP contribution in [0.4, 0.5) is 0 Å². The zero-order valence-electron chi connectivity index (χ0n) is 18.5. The van der Waals surface area contributed by atoms with E-state index in [4.69, 9.17) is 21.1 Å². The predicted octanol–water partition coefficient (Wildman–Crippen LogP) is 5.66. The molecule has 0 aromatic heterocycles. The summed E-state index contributed by atoms with van der Waals surface area (Å²) in [6.07, 6.45) is 1.32. The molecule has 33 heavy (non-hydrogen) atoms. The number of amides is 1. The number of nitrogens with zero attached hydrogens (tertiary/aromatic N) is 1. The monoisotopic (exact) mass is 463 g/mol. The number of ketones is 1. The standard InChI is InChI=1S/C27H26ClNO4/c1-32-25-17-21(11-12-24(25)33-18-22-9-5-6-10-23(22)28)27(31)29-15-13-20(14-16-29)26(30)19-7-3-2-4-8-19/h2-12,17,20H,13-16,18H2,1H3. The third-order valence-corrected chi connectivity index (χ3v) is 6.33. The molecule has 1 heterocycles. The normalized spacial score (nSPS) is 14.1. The predicted molar refractivity (Wildman–Crippen MR) is 128 cm³/mol. The quantitative estimate of drug-likeness (QED) is 0.424. The van der Waals surface area contributed by atoms with Crippen molar-refractivity contribution >= 4 is 23.3 Å². The van der Waals surface area contributed by atoms with E-state index in [-0.39, 0.29) is 17.6 Å². The van der Waals surface area contributed by atoms with Crippen molar-refractivity contribution in [3.8, 4) is 11.5 Å². The maximum absolute atomic E-state index is 13.1. The molecule has 1 amide bonds. The number of halogens is 1. The van der Waals surface area contributed by atoms with Gasteiger partial charge in [-0.05, 0) is 37.1 Å². The number of rotatable bonds is 7. The first-order valence-electron chi connectivity index (χ1n) is 11.0.